The molecule has 1 fully saturated rings. The molecule has 0 spiro atoms. The van der Waals surface area contributed by atoms with Gasteiger partial charge in [0.2, 0.25) is 5.91 Å². The molecule has 0 bridgehead atoms. The summed E-state index contributed by atoms with van der Waals surface area (Å²) in [5, 5.41) is 0. The van der Waals surface area contributed by atoms with Gasteiger partial charge in [-0.3, -0.25) is 9.36 Å². The van der Waals surface area contributed by atoms with Crippen LogP contribution in [-0.4, -0.2) is 39.5 Å². The Hall–Kier alpha value is -2.08. The molecule has 1 aromatic carbocycles. The zero-order valence-corrected chi connectivity index (χ0v) is 11.2. The number of hydrogen-bond acceptors (Lipinski definition) is 3. The first-order valence-electron chi connectivity index (χ1n) is 6.88. The first-order chi connectivity index (χ1) is 9.70. The first kappa shape index (κ1) is 12.9. The summed E-state index contributed by atoms with van der Waals surface area (Å²) in [6.45, 7) is 1.28. The second-order valence-electron chi connectivity index (χ2n) is 5.15. The second-order valence-corrected chi connectivity index (χ2v) is 5.15. The molecule has 106 valence electrons. The fourth-order valence-corrected chi connectivity index (χ4v) is 2.90. The molecule has 1 unspecified atom stereocenters. The number of para-hydroxylation sites is 2. The van der Waals surface area contributed by atoms with Gasteiger partial charge in [0.05, 0.1) is 11.0 Å². The van der Waals surface area contributed by atoms with Gasteiger partial charge in [-0.05, 0) is 25.0 Å². The van der Waals surface area contributed by atoms with E-state index in [9.17, 15) is 9.59 Å². The number of aromatic nitrogens is 2. The van der Waals surface area contributed by atoms with E-state index in [-0.39, 0.29) is 24.2 Å². The Balaban J connectivity index is 1.88. The molecule has 1 aliphatic heterocycles. The second kappa shape index (κ2) is 5.13. The van der Waals surface area contributed by atoms with E-state index in [4.69, 9.17) is 5.73 Å². The summed E-state index contributed by atoms with van der Waals surface area (Å²) in [7, 11) is 0. The summed E-state index contributed by atoms with van der Waals surface area (Å²) in [5.74, 6) is -0.0372. The monoisotopic (exact) mass is 274 g/mol. The third-order valence-corrected chi connectivity index (χ3v) is 3.94. The van der Waals surface area contributed by atoms with Crippen molar-refractivity contribution in [2.24, 2.45) is 5.73 Å². The predicted molar refractivity (Wildman–Crippen MR) is 76.3 cm³/mol. The molecule has 0 aliphatic carbocycles. The van der Waals surface area contributed by atoms with E-state index in [1.165, 1.54) is 4.57 Å². The number of carbonyl (C=O) groups excluding carboxylic acids is 1. The number of hydrogen-bond donors (Lipinski definition) is 2. The molecule has 0 radical (unpaired) electrons. The van der Waals surface area contributed by atoms with Crippen molar-refractivity contribution in [1.29, 1.82) is 0 Å². The Kier molecular flexibility index (Phi) is 3.31. The lowest BCUT2D eigenvalue weighted by molar-refractivity contribution is -0.132. The number of amides is 1. The van der Waals surface area contributed by atoms with Crippen molar-refractivity contribution in [3.63, 3.8) is 0 Å². The van der Waals surface area contributed by atoms with Crippen molar-refractivity contribution in [3.8, 4) is 0 Å². The molecule has 1 amide bonds. The van der Waals surface area contributed by atoms with Crippen LogP contribution in [0.25, 0.3) is 11.0 Å². The number of carbonyl (C=O) groups is 1. The van der Waals surface area contributed by atoms with Gasteiger partial charge in [-0.1, -0.05) is 12.1 Å². The lowest BCUT2D eigenvalue weighted by Crippen LogP contribution is -2.42. The van der Waals surface area contributed by atoms with Gasteiger partial charge in [0.1, 0.15) is 6.54 Å². The van der Waals surface area contributed by atoms with E-state index in [1.54, 1.807) is 4.90 Å². The third-order valence-electron chi connectivity index (χ3n) is 3.94. The van der Waals surface area contributed by atoms with Crippen LogP contribution in [-0.2, 0) is 11.3 Å². The number of fused-ring (bicyclic) bond motifs is 1. The van der Waals surface area contributed by atoms with E-state index in [2.05, 4.69) is 4.98 Å². The molecular weight excluding hydrogens is 256 g/mol. The van der Waals surface area contributed by atoms with Gasteiger partial charge in [-0.2, -0.15) is 0 Å². The maximum atomic E-state index is 12.4. The molecule has 1 atom stereocenters. The molecule has 6 heteroatoms. The zero-order valence-electron chi connectivity index (χ0n) is 11.2. The Labute approximate surface area is 116 Å². The number of nitrogens with two attached hydrogens (primary N) is 1. The smallest absolute Gasteiger partial charge is 0.326 e. The minimum atomic E-state index is -0.247. The van der Waals surface area contributed by atoms with Crippen LogP contribution >= 0.6 is 0 Å². The normalized spacial score (nSPS) is 18.9. The van der Waals surface area contributed by atoms with E-state index < -0.39 is 0 Å². The minimum Gasteiger partial charge on any atom is -0.337 e. The summed E-state index contributed by atoms with van der Waals surface area (Å²) < 4.78 is 1.49. The van der Waals surface area contributed by atoms with Crippen molar-refractivity contribution in [1.82, 2.24) is 14.5 Å². The Morgan fingerprint density at radius 2 is 2.20 bits per heavy atom. The van der Waals surface area contributed by atoms with Gasteiger partial charge >= 0.3 is 5.69 Å². The van der Waals surface area contributed by atoms with Crippen LogP contribution in [0.4, 0.5) is 0 Å². The van der Waals surface area contributed by atoms with Crippen LogP contribution in [0, 0.1) is 0 Å². The van der Waals surface area contributed by atoms with Crippen LogP contribution < -0.4 is 11.4 Å². The SMILES string of the molecule is NCC1CCCN1C(=O)Cn1c(=O)[nH]c2ccccc21. The molecule has 2 aromatic rings. The van der Waals surface area contributed by atoms with E-state index in [1.807, 2.05) is 24.3 Å². The molecule has 1 saturated heterocycles. The van der Waals surface area contributed by atoms with Crippen LogP contribution in [0.1, 0.15) is 12.8 Å². The Bertz CT molecular complexity index is 688. The van der Waals surface area contributed by atoms with Gasteiger partial charge < -0.3 is 15.6 Å². The molecule has 2 heterocycles. The maximum absolute atomic E-state index is 12.4. The van der Waals surface area contributed by atoms with E-state index >= 15 is 0 Å². The number of likely N-dealkylation sites (tertiary alicyclic amines) is 1. The predicted octanol–water partition coefficient (Wildman–Crippen LogP) is 0.279. The van der Waals surface area contributed by atoms with Gasteiger partial charge in [-0.25, -0.2) is 4.79 Å². The van der Waals surface area contributed by atoms with E-state index in [0.717, 1.165) is 30.4 Å². The first-order valence-corrected chi connectivity index (χ1v) is 6.88. The standard InChI is InChI=1S/C14H18N4O2/c15-8-10-4-3-7-17(10)13(19)9-18-12-6-2-1-5-11(12)16-14(18)20/h1-2,5-6,10H,3-4,7-9,15H2,(H,16,20). The van der Waals surface area contributed by atoms with Crippen molar-refractivity contribution < 1.29 is 4.79 Å². The number of nitrogens with zero attached hydrogens (tertiary/aromatic N) is 2. The number of nitrogens with one attached hydrogen (secondary N) is 1. The van der Waals surface area contributed by atoms with Crippen LogP contribution in [0.15, 0.2) is 29.1 Å². The van der Waals surface area contributed by atoms with Crippen LogP contribution in [0.2, 0.25) is 0 Å². The van der Waals surface area contributed by atoms with Gasteiger partial charge in [-0.15, -0.1) is 0 Å². The Morgan fingerprint density at radius 1 is 1.40 bits per heavy atom. The van der Waals surface area contributed by atoms with Gasteiger partial charge in [0.25, 0.3) is 0 Å². The molecule has 3 rings (SSSR count). The van der Waals surface area contributed by atoms with Gasteiger partial charge in [0, 0.05) is 19.1 Å². The number of H-pyrrole nitrogens is 1. The molecule has 1 aliphatic rings. The highest BCUT2D eigenvalue weighted by Crippen LogP contribution is 2.17. The van der Waals surface area contributed by atoms with Gasteiger partial charge in [0.15, 0.2) is 0 Å². The largest absolute Gasteiger partial charge is 0.337 e. The molecule has 20 heavy (non-hydrogen) atoms. The molecule has 3 N–H and O–H groups in total. The fraction of sp³-hybridized carbons (Fsp3) is 0.429. The zero-order chi connectivity index (χ0) is 14.1. The highest BCUT2D eigenvalue weighted by Gasteiger charge is 2.28. The van der Waals surface area contributed by atoms with E-state index in [0.29, 0.717) is 6.54 Å². The third kappa shape index (κ3) is 2.12. The van der Waals surface area contributed by atoms with Crippen molar-refractivity contribution in [2.45, 2.75) is 25.4 Å². The average Bonchev–Trinajstić information content (AvgIpc) is 3.04. The summed E-state index contributed by atoms with van der Waals surface area (Å²) in [6.07, 6.45) is 1.93. The summed E-state index contributed by atoms with van der Waals surface area (Å²) in [4.78, 5) is 28.9. The summed E-state index contributed by atoms with van der Waals surface area (Å²) >= 11 is 0. The molecule has 0 saturated carbocycles. The van der Waals surface area contributed by atoms with Crippen LogP contribution in [0.5, 0.6) is 0 Å². The van der Waals surface area contributed by atoms with Crippen LogP contribution in [0.3, 0.4) is 0 Å². The maximum Gasteiger partial charge on any atom is 0.326 e. The average molecular weight is 274 g/mol. The topological polar surface area (TPSA) is 84.1 Å². The number of rotatable bonds is 3. The quantitative estimate of drug-likeness (QED) is 0.843. The minimum absolute atomic E-state index is 0.0372. The molecule has 6 nitrogen and oxygen atoms in total. The lowest BCUT2D eigenvalue weighted by atomic mass is 10.2. The lowest BCUT2D eigenvalue weighted by Gasteiger charge is -2.23. The van der Waals surface area contributed by atoms with Crippen molar-refractivity contribution >= 4 is 16.9 Å². The van der Waals surface area contributed by atoms with Crippen molar-refractivity contribution in [2.75, 3.05) is 13.1 Å². The summed E-state index contributed by atoms with van der Waals surface area (Å²) in [5.41, 5.74) is 6.95. The Morgan fingerprint density at radius 3 is 3.00 bits per heavy atom. The number of imidazole rings is 1. The number of aromatic amines is 1. The fourth-order valence-electron chi connectivity index (χ4n) is 2.90. The summed E-state index contributed by atoms with van der Waals surface area (Å²) in [6, 6.07) is 7.49. The highest BCUT2D eigenvalue weighted by atomic mass is 16.2. The number of benzene rings is 1. The highest BCUT2D eigenvalue weighted by molar-refractivity contribution is 5.80. The molecular formula is C14H18N4O2. The van der Waals surface area contributed by atoms with Crippen molar-refractivity contribution in [3.05, 3.63) is 34.7 Å². The molecule has 1 aromatic heterocycles.